The minimum atomic E-state index is -0.708. The van der Waals surface area contributed by atoms with Crippen molar-refractivity contribution in [1.29, 1.82) is 0 Å². The predicted molar refractivity (Wildman–Crippen MR) is 182 cm³/mol. The number of anilines is 1. The number of aliphatic hydroxyl groups is 1. The molecule has 6 atom stereocenters. The minimum Gasteiger partial charge on any atom is -0.396 e. The topological polar surface area (TPSA) is 81.2 Å². The molecule has 2 bridgehead atoms. The van der Waals surface area contributed by atoms with Crippen LogP contribution in [-0.2, 0) is 20.9 Å². The number of aryl methyl sites for hydroxylation is 2. The monoisotopic (exact) mass is 629 g/mol. The number of thioether (sulfide) groups is 1. The number of benzene rings is 2. The van der Waals surface area contributed by atoms with E-state index in [4.69, 9.17) is 0 Å². The van der Waals surface area contributed by atoms with Crippen molar-refractivity contribution in [2.45, 2.75) is 69.0 Å². The van der Waals surface area contributed by atoms with Crippen molar-refractivity contribution < 1.29 is 19.5 Å². The summed E-state index contributed by atoms with van der Waals surface area (Å²) in [6.45, 7) is 15.7. The molecule has 3 heterocycles. The summed E-state index contributed by atoms with van der Waals surface area (Å²) in [5.74, 6) is -1.24. The highest BCUT2D eigenvalue weighted by molar-refractivity contribution is 8.02. The number of fused-ring (bicyclic) bond motifs is 1. The molecule has 0 radical (unpaired) electrons. The Balaban J connectivity index is 1.56. The van der Waals surface area contributed by atoms with Gasteiger partial charge >= 0.3 is 0 Å². The number of carbonyl (C=O) groups is 3. The molecule has 5 rings (SSSR count). The van der Waals surface area contributed by atoms with Crippen molar-refractivity contribution in [3.05, 3.63) is 90.5 Å². The third kappa shape index (κ3) is 5.99. The number of hydrogen-bond acceptors (Lipinski definition) is 5. The summed E-state index contributed by atoms with van der Waals surface area (Å²) >= 11 is 1.71. The Morgan fingerprint density at radius 3 is 2.47 bits per heavy atom. The fourth-order valence-corrected chi connectivity index (χ4v) is 10.3. The molecular formula is C37H47N3O4S. The summed E-state index contributed by atoms with van der Waals surface area (Å²) in [6.07, 6.45) is 6.34. The lowest BCUT2D eigenvalue weighted by Gasteiger charge is -2.41. The lowest BCUT2D eigenvalue weighted by Crippen LogP contribution is -2.57. The van der Waals surface area contributed by atoms with Gasteiger partial charge in [0.25, 0.3) is 5.91 Å². The first kappa shape index (κ1) is 33.0. The van der Waals surface area contributed by atoms with Gasteiger partial charge in [0.05, 0.1) is 16.6 Å². The van der Waals surface area contributed by atoms with Crippen LogP contribution in [0.15, 0.2) is 73.8 Å². The maximum atomic E-state index is 15.0. The molecule has 2 aromatic rings. The second-order valence-corrected chi connectivity index (χ2v) is 14.4. The Morgan fingerprint density at radius 1 is 1.04 bits per heavy atom. The Bertz CT molecular complexity index is 1430. The van der Waals surface area contributed by atoms with Crippen molar-refractivity contribution in [2.75, 3.05) is 31.1 Å². The molecule has 3 unspecified atom stereocenters. The fourth-order valence-electron chi connectivity index (χ4n) is 7.89. The smallest absolute Gasteiger partial charge is 0.251 e. The molecule has 2 aromatic carbocycles. The molecule has 3 fully saturated rings. The predicted octanol–water partition coefficient (Wildman–Crippen LogP) is 5.54. The lowest BCUT2D eigenvalue weighted by atomic mass is 9.65. The Morgan fingerprint density at radius 2 is 1.78 bits per heavy atom. The summed E-state index contributed by atoms with van der Waals surface area (Å²) in [7, 11) is 0. The largest absolute Gasteiger partial charge is 0.396 e. The molecule has 3 aliphatic rings. The second kappa shape index (κ2) is 14.0. The van der Waals surface area contributed by atoms with Gasteiger partial charge in [0.15, 0.2) is 0 Å². The van der Waals surface area contributed by atoms with Crippen LogP contribution < -0.4 is 4.90 Å². The SMILES string of the molecule is C=CCN(Cc1ccccc1)C(=O)[C@@H]1[C@H]2C(=O)N(CCCCCO)C(C(=O)N(CC=C)c3cc(C)ccc3C)C23S[C@@H]1CC3C. The summed E-state index contributed by atoms with van der Waals surface area (Å²) in [6, 6.07) is 15.3. The van der Waals surface area contributed by atoms with E-state index in [2.05, 4.69) is 20.1 Å². The zero-order valence-corrected chi connectivity index (χ0v) is 27.7. The maximum absolute atomic E-state index is 15.0. The third-order valence-corrected chi connectivity index (χ3v) is 12.0. The van der Waals surface area contributed by atoms with Gasteiger partial charge in [-0.2, -0.15) is 0 Å². The van der Waals surface area contributed by atoms with Crippen molar-refractivity contribution in [1.82, 2.24) is 9.80 Å². The van der Waals surface area contributed by atoms with E-state index in [1.165, 1.54) is 0 Å². The second-order valence-electron chi connectivity index (χ2n) is 12.9. The van der Waals surface area contributed by atoms with E-state index < -0.39 is 22.6 Å². The number of likely N-dealkylation sites (tertiary alicyclic amines) is 1. The molecule has 0 aromatic heterocycles. The van der Waals surface area contributed by atoms with Crippen LogP contribution in [0.5, 0.6) is 0 Å². The Hall–Kier alpha value is -3.36. The minimum absolute atomic E-state index is 0.0332. The van der Waals surface area contributed by atoms with Crippen LogP contribution in [0, 0.1) is 31.6 Å². The summed E-state index contributed by atoms with van der Waals surface area (Å²) in [4.78, 5) is 49.6. The van der Waals surface area contributed by atoms with Gasteiger partial charge in [-0.15, -0.1) is 24.9 Å². The molecular weight excluding hydrogens is 582 g/mol. The first-order valence-electron chi connectivity index (χ1n) is 16.2. The van der Waals surface area contributed by atoms with E-state index in [1.54, 1.807) is 33.7 Å². The standard InChI is InChI=1S/C37H47N3O4S/c1-6-18-38(24-28-14-10-8-11-15-28)34(42)31-30-23-27(5)37(45-30)32(31)35(43)40(20-12-9-13-21-41)33(37)36(44)39(19-7-2)29-22-25(3)16-17-26(29)4/h6-8,10-11,14-17,22,27,30-33,41H,1-2,9,12-13,18-21,23-24H2,3-5H3/t27?,30-,31+,32+,33?,37?/m1/s1. The molecule has 8 heteroatoms. The van der Waals surface area contributed by atoms with Crippen LogP contribution >= 0.6 is 11.8 Å². The van der Waals surface area contributed by atoms with Crippen LogP contribution in [-0.4, -0.2) is 74.9 Å². The van der Waals surface area contributed by atoms with Crippen molar-refractivity contribution in [3.63, 3.8) is 0 Å². The van der Waals surface area contributed by atoms with Gasteiger partial charge in [-0.3, -0.25) is 14.4 Å². The van der Waals surface area contributed by atoms with Crippen LogP contribution in [0.2, 0.25) is 0 Å². The van der Waals surface area contributed by atoms with E-state index >= 15 is 0 Å². The molecule has 1 N–H and O–H groups in total. The molecule has 3 saturated heterocycles. The van der Waals surface area contributed by atoms with E-state index in [9.17, 15) is 19.5 Å². The quantitative estimate of drug-likeness (QED) is 0.219. The molecule has 7 nitrogen and oxygen atoms in total. The fraction of sp³-hybridized carbons (Fsp3) is 0.486. The first-order chi connectivity index (χ1) is 21.7. The van der Waals surface area contributed by atoms with Gasteiger partial charge in [-0.05, 0) is 68.2 Å². The molecule has 0 aliphatic carbocycles. The number of aliphatic hydroxyl groups excluding tert-OH is 1. The molecule has 1 spiro atoms. The van der Waals surface area contributed by atoms with Crippen LogP contribution in [0.4, 0.5) is 5.69 Å². The molecule has 240 valence electrons. The van der Waals surface area contributed by atoms with Gasteiger partial charge in [-0.25, -0.2) is 0 Å². The summed E-state index contributed by atoms with van der Waals surface area (Å²) < 4.78 is -0.708. The number of rotatable bonds is 14. The van der Waals surface area contributed by atoms with Crippen LogP contribution in [0.3, 0.4) is 0 Å². The van der Waals surface area contributed by atoms with Gasteiger partial charge in [0.1, 0.15) is 6.04 Å². The van der Waals surface area contributed by atoms with Crippen molar-refractivity contribution in [2.24, 2.45) is 17.8 Å². The zero-order valence-electron chi connectivity index (χ0n) is 26.9. The number of hydrogen-bond donors (Lipinski definition) is 1. The van der Waals surface area contributed by atoms with Gasteiger partial charge in [-0.1, -0.05) is 61.5 Å². The highest BCUT2D eigenvalue weighted by Crippen LogP contribution is 2.69. The molecule has 3 amide bonds. The Labute approximate surface area is 272 Å². The third-order valence-electron chi connectivity index (χ3n) is 9.93. The van der Waals surface area contributed by atoms with E-state index in [1.807, 2.05) is 67.3 Å². The zero-order chi connectivity index (χ0) is 32.3. The van der Waals surface area contributed by atoms with Gasteiger partial charge in [0, 0.05) is 43.7 Å². The van der Waals surface area contributed by atoms with Crippen molar-refractivity contribution in [3.8, 4) is 0 Å². The van der Waals surface area contributed by atoms with Gasteiger partial charge in [0.2, 0.25) is 11.8 Å². The van der Waals surface area contributed by atoms with E-state index in [0.717, 1.165) is 35.2 Å². The Kier molecular flexibility index (Phi) is 10.2. The number of nitrogens with zero attached hydrogens (tertiary/aromatic N) is 3. The summed E-state index contributed by atoms with van der Waals surface area (Å²) in [5, 5.41) is 9.36. The number of carbonyl (C=O) groups excluding carboxylic acids is 3. The lowest BCUT2D eigenvalue weighted by molar-refractivity contribution is -0.144. The van der Waals surface area contributed by atoms with Crippen molar-refractivity contribution >= 4 is 35.2 Å². The maximum Gasteiger partial charge on any atom is 0.251 e. The number of unbranched alkanes of at least 4 members (excludes halogenated alkanes) is 2. The molecule has 45 heavy (non-hydrogen) atoms. The average molecular weight is 630 g/mol. The highest BCUT2D eigenvalue weighted by atomic mass is 32.2. The molecule has 3 aliphatic heterocycles. The average Bonchev–Trinajstić information content (AvgIpc) is 3.62. The normalized spacial score (nSPS) is 26.5. The number of amides is 3. The summed E-state index contributed by atoms with van der Waals surface area (Å²) in [5.41, 5.74) is 3.88. The van der Waals surface area contributed by atoms with Gasteiger partial charge < -0.3 is 19.8 Å². The van der Waals surface area contributed by atoms with Crippen LogP contribution in [0.1, 0.15) is 49.3 Å². The van der Waals surface area contributed by atoms with Crippen LogP contribution in [0.25, 0.3) is 0 Å². The molecule has 0 saturated carbocycles. The van der Waals surface area contributed by atoms with E-state index in [0.29, 0.717) is 39.0 Å². The highest BCUT2D eigenvalue weighted by Gasteiger charge is 2.76. The first-order valence-corrected chi connectivity index (χ1v) is 17.1. The van der Waals surface area contributed by atoms with E-state index in [-0.39, 0.29) is 35.5 Å².